The van der Waals surface area contributed by atoms with E-state index in [9.17, 15) is 0 Å². The molecule has 0 spiro atoms. The highest BCUT2D eigenvalue weighted by Gasteiger charge is 2.05. The SMILES string of the molecule is C=C(C)c1ncsc1C(=C)C. The molecule has 0 amide bonds. The first-order chi connectivity index (χ1) is 5.13. The second-order valence-electron chi connectivity index (χ2n) is 2.59. The molecule has 58 valence electrons. The van der Waals surface area contributed by atoms with Crippen LogP contribution in [0.25, 0.3) is 11.1 Å². The summed E-state index contributed by atoms with van der Waals surface area (Å²) >= 11 is 1.61. The maximum atomic E-state index is 4.20. The predicted molar refractivity (Wildman–Crippen MR) is 51.5 cm³/mol. The number of thiazole rings is 1. The Hall–Kier alpha value is -0.890. The quantitative estimate of drug-likeness (QED) is 0.655. The molecule has 0 aromatic carbocycles. The van der Waals surface area contributed by atoms with Gasteiger partial charge in [-0.1, -0.05) is 13.2 Å². The monoisotopic (exact) mass is 165 g/mol. The third-order valence-electron chi connectivity index (χ3n) is 1.36. The summed E-state index contributed by atoms with van der Waals surface area (Å²) in [6.45, 7) is 11.7. The normalized spacial score (nSPS) is 9.64. The Morgan fingerprint density at radius 1 is 1.36 bits per heavy atom. The van der Waals surface area contributed by atoms with Gasteiger partial charge < -0.3 is 0 Å². The summed E-state index contributed by atoms with van der Waals surface area (Å²) in [5, 5.41) is 0. The van der Waals surface area contributed by atoms with E-state index in [0.29, 0.717) is 0 Å². The fourth-order valence-corrected chi connectivity index (χ4v) is 1.66. The second kappa shape index (κ2) is 3.01. The molecule has 0 saturated heterocycles. The molecule has 0 saturated carbocycles. The molecule has 1 aromatic heterocycles. The van der Waals surface area contributed by atoms with Gasteiger partial charge in [-0.05, 0) is 25.0 Å². The lowest BCUT2D eigenvalue weighted by molar-refractivity contribution is 1.33. The van der Waals surface area contributed by atoms with Crippen molar-refractivity contribution in [1.82, 2.24) is 4.98 Å². The highest BCUT2D eigenvalue weighted by Crippen LogP contribution is 2.25. The smallest absolute Gasteiger partial charge is 0.0837 e. The fourth-order valence-electron chi connectivity index (χ4n) is 0.853. The molecule has 0 aliphatic carbocycles. The summed E-state index contributed by atoms with van der Waals surface area (Å²) in [6, 6.07) is 0. The van der Waals surface area contributed by atoms with Gasteiger partial charge in [0.2, 0.25) is 0 Å². The van der Waals surface area contributed by atoms with Crippen molar-refractivity contribution in [3.05, 3.63) is 29.2 Å². The standard InChI is InChI=1S/C9H11NS/c1-6(2)8-9(7(3)4)11-5-10-8/h5H,1,3H2,2,4H3. The van der Waals surface area contributed by atoms with Gasteiger partial charge in [0.1, 0.15) is 0 Å². The van der Waals surface area contributed by atoms with Gasteiger partial charge in [0, 0.05) is 0 Å². The van der Waals surface area contributed by atoms with E-state index in [1.807, 2.05) is 19.4 Å². The Morgan fingerprint density at radius 3 is 2.36 bits per heavy atom. The maximum absolute atomic E-state index is 4.20. The van der Waals surface area contributed by atoms with E-state index in [1.165, 1.54) is 0 Å². The van der Waals surface area contributed by atoms with Crippen LogP contribution in [0.1, 0.15) is 24.4 Å². The minimum absolute atomic E-state index is 0.988. The van der Waals surface area contributed by atoms with Crippen molar-refractivity contribution in [3.8, 4) is 0 Å². The van der Waals surface area contributed by atoms with Gasteiger partial charge >= 0.3 is 0 Å². The van der Waals surface area contributed by atoms with Gasteiger partial charge in [-0.2, -0.15) is 0 Å². The first-order valence-corrected chi connectivity index (χ1v) is 4.26. The minimum atomic E-state index is 0.988. The van der Waals surface area contributed by atoms with Crippen LogP contribution in [0.2, 0.25) is 0 Å². The van der Waals surface area contributed by atoms with Gasteiger partial charge in [-0.3, -0.25) is 0 Å². The van der Waals surface area contributed by atoms with Gasteiger partial charge in [0.25, 0.3) is 0 Å². The average molecular weight is 165 g/mol. The first-order valence-electron chi connectivity index (χ1n) is 3.38. The van der Waals surface area contributed by atoms with E-state index in [-0.39, 0.29) is 0 Å². The molecule has 11 heavy (non-hydrogen) atoms. The molecule has 0 unspecified atom stereocenters. The van der Waals surface area contributed by atoms with Crippen LogP contribution < -0.4 is 0 Å². The third kappa shape index (κ3) is 1.57. The maximum Gasteiger partial charge on any atom is 0.0837 e. The Morgan fingerprint density at radius 2 is 2.00 bits per heavy atom. The van der Waals surface area contributed by atoms with Crippen molar-refractivity contribution in [2.75, 3.05) is 0 Å². The Labute approximate surface area is 71.1 Å². The number of aromatic nitrogens is 1. The molecular weight excluding hydrogens is 154 g/mol. The van der Waals surface area contributed by atoms with E-state index in [0.717, 1.165) is 21.7 Å². The van der Waals surface area contributed by atoms with Gasteiger partial charge in [0.15, 0.2) is 0 Å². The summed E-state index contributed by atoms with van der Waals surface area (Å²) in [6.07, 6.45) is 0. The van der Waals surface area contributed by atoms with Crippen molar-refractivity contribution >= 4 is 22.5 Å². The van der Waals surface area contributed by atoms with E-state index < -0.39 is 0 Å². The Kier molecular flexibility index (Phi) is 2.25. The zero-order valence-corrected chi connectivity index (χ0v) is 7.66. The predicted octanol–water partition coefficient (Wildman–Crippen LogP) is 3.21. The van der Waals surface area contributed by atoms with Crippen LogP contribution in [-0.2, 0) is 0 Å². The number of hydrogen-bond acceptors (Lipinski definition) is 2. The number of hydrogen-bond donors (Lipinski definition) is 0. The summed E-state index contributed by atoms with van der Waals surface area (Å²) in [5.41, 5.74) is 4.88. The van der Waals surface area contributed by atoms with Gasteiger partial charge in [-0.25, -0.2) is 4.98 Å². The van der Waals surface area contributed by atoms with Crippen molar-refractivity contribution in [2.24, 2.45) is 0 Å². The van der Waals surface area contributed by atoms with Crippen LogP contribution in [0.4, 0.5) is 0 Å². The molecule has 1 rings (SSSR count). The van der Waals surface area contributed by atoms with Gasteiger partial charge in [-0.15, -0.1) is 11.3 Å². The zero-order valence-electron chi connectivity index (χ0n) is 6.85. The fraction of sp³-hybridized carbons (Fsp3) is 0.222. The third-order valence-corrected chi connectivity index (χ3v) is 2.35. The van der Waals surface area contributed by atoms with E-state index in [2.05, 4.69) is 18.1 Å². The van der Waals surface area contributed by atoms with Crippen LogP contribution in [0, 0.1) is 0 Å². The van der Waals surface area contributed by atoms with Crippen LogP contribution in [0.3, 0.4) is 0 Å². The summed E-state index contributed by atoms with van der Waals surface area (Å²) in [7, 11) is 0. The second-order valence-corrected chi connectivity index (χ2v) is 3.45. The summed E-state index contributed by atoms with van der Waals surface area (Å²) in [4.78, 5) is 5.35. The lowest BCUT2D eigenvalue weighted by Crippen LogP contribution is -1.82. The minimum Gasteiger partial charge on any atom is -0.244 e. The van der Waals surface area contributed by atoms with Crippen LogP contribution in [0.15, 0.2) is 18.7 Å². The topological polar surface area (TPSA) is 12.9 Å². The largest absolute Gasteiger partial charge is 0.244 e. The van der Waals surface area contributed by atoms with Crippen molar-refractivity contribution < 1.29 is 0 Å². The summed E-state index contributed by atoms with van der Waals surface area (Å²) in [5.74, 6) is 0. The Bertz CT molecular complexity index is 268. The molecule has 1 nitrogen and oxygen atoms in total. The molecule has 0 N–H and O–H groups in total. The molecule has 1 aromatic rings. The zero-order chi connectivity index (χ0) is 8.43. The molecule has 0 fully saturated rings. The van der Waals surface area contributed by atoms with Crippen LogP contribution in [-0.4, -0.2) is 4.98 Å². The molecule has 0 bridgehead atoms. The van der Waals surface area contributed by atoms with Crippen molar-refractivity contribution in [2.45, 2.75) is 13.8 Å². The number of allylic oxidation sites excluding steroid dienone is 2. The number of rotatable bonds is 2. The first kappa shape index (κ1) is 8.21. The molecule has 0 aliphatic heterocycles. The molecular formula is C9H11NS. The highest BCUT2D eigenvalue weighted by molar-refractivity contribution is 7.11. The molecule has 0 atom stereocenters. The van der Waals surface area contributed by atoms with Crippen molar-refractivity contribution in [3.63, 3.8) is 0 Å². The average Bonchev–Trinajstić information content (AvgIpc) is 2.32. The molecule has 0 radical (unpaired) electrons. The van der Waals surface area contributed by atoms with E-state index in [1.54, 1.807) is 11.3 Å². The molecule has 2 heteroatoms. The van der Waals surface area contributed by atoms with Crippen molar-refractivity contribution in [1.29, 1.82) is 0 Å². The lowest BCUT2D eigenvalue weighted by atomic mass is 10.1. The van der Waals surface area contributed by atoms with E-state index in [4.69, 9.17) is 0 Å². The molecule has 1 heterocycles. The number of nitrogens with zero attached hydrogens (tertiary/aromatic N) is 1. The van der Waals surface area contributed by atoms with E-state index >= 15 is 0 Å². The lowest BCUT2D eigenvalue weighted by Gasteiger charge is -1.98. The highest BCUT2D eigenvalue weighted by atomic mass is 32.1. The van der Waals surface area contributed by atoms with Crippen LogP contribution >= 0.6 is 11.3 Å². The Balaban J connectivity index is 3.16. The summed E-state index contributed by atoms with van der Waals surface area (Å²) < 4.78 is 0. The van der Waals surface area contributed by atoms with Crippen LogP contribution in [0.5, 0.6) is 0 Å². The van der Waals surface area contributed by atoms with Gasteiger partial charge in [0.05, 0.1) is 16.1 Å². The molecule has 0 aliphatic rings.